The maximum Gasteiger partial charge on any atom is 0.336 e. The number of allylic oxidation sites excluding steroid dienone is 5. The molecule has 3 heterocycles. The van der Waals surface area contributed by atoms with Gasteiger partial charge in [0.25, 0.3) is 0 Å². The van der Waals surface area contributed by atoms with Crippen LogP contribution in [0.3, 0.4) is 0 Å². The molecule has 1 aliphatic carbocycles. The number of benzene rings is 2. The first-order chi connectivity index (χ1) is 18.6. The van der Waals surface area contributed by atoms with Gasteiger partial charge in [-0.3, -0.25) is 0 Å². The van der Waals surface area contributed by atoms with Crippen LogP contribution in [0.25, 0.3) is 5.57 Å². The zero-order valence-electron chi connectivity index (χ0n) is 21.3. The van der Waals surface area contributed by atoms with Crippen LogP contribution >= 0.6 is 0 Å². The molecule has 9 heteroatoms. The smallest absolute Gasteiger partial charge is 0.336 e. The number of rotatable bonds is 5. The molecule has 0 amide bonds. The van der Waals surface area contributed by atoms with Crippen molar-refractivity contribution in [2.45, 2.75) is 18.9 Å². The zero-order valence-corrected chi connectivity index (χ0v) is 22.3. The van der Waals surface area contributed by atoms with E-state index in [9.17, 15) is 28.6 Å². The van der Waals surface area contributed by atoms with Crippen molar-refractivity contribution in [1.29, 1.82) is 0 Å². The summed E-state index contributed by atoms with van der Waals surface area (Å²) in [5, 5.41) is 21.8. The third kappa shape index (κ3) is 3.91. The molecule has 0 bridgehead atoms. The fourth-order valence-corrected chi connectivity index (χ4v) is 9.06. The van der Waals surface area contributed by atoms with E-state index in [0.717, 1.165) is 32.9 Å². The van der Waals surface area contributed by atoms with Crippen LogP contribution in [0.4, 0.5) is 14.5 Å². The number of alkyl halides is 2. The van der Waals surface area contributed by atoms with E-state index in [1.165, 1.54) is 18.2 Å². The molecule has 0 saturated carbocycles. The first-order valence-corrected chi connectivity index (χ1v) is 15.4. The van der Waals surface area contributed by atoms with Crippen LogP contribution in [-0.2, 0) is 0 Å². The van der Waals surface area contributed by atoms with Crippen molar-refractivity contribution in [3.8, 4) is 0 Å². The number of halogens is 2. The lowest BCUT2D eigenvalue weighted by atomic mass is 9.86. The van der Waals surface area contributed by atoms with Crippen molar-refractivity contribution >= 4 is 42.2 Å². The highest BCUT2D eigenvalue weighted by Crippen LogP contribution is 2.43. The minimum Gasteiger partial charge on any atom is -0.478 e. The van der Waals surface area contributed by atoms with Gasteiger partial charge in [0, 0.05) is 17.8 Å². The van der Waals surface area contributed by atoms with Gasteiger partial charge in [-0.2, -0.15) is 0 Å². The van der Waals surface area contributed by atoms with Gasteiger partial charge in [0.15, 0.2) is 18.8 Å². The van der Waals surface area contributed by atoms with Crippen LogP contribution in [-0.4, -0.2) is 79.0 Å². The second-order valence-corrected chi connectivity index (χ2v) is 14.5. The maximum atomic E-state index is 13.7. The number of aromatic carboxylic acids is 2. The number of nitrogens with zero attached hydrogens (tertiary/aromatic N) is 2. The lowest BCUT2D eigenvalue weighted by Gasteiger charge is -2.41. The van der Waals surface area contributed by atoms with Gasteiger partial charge in [-0.1, -0.05) is 18.3 Å². The standard InChI is InChI=1S/C30H26F2N2O4Si/c1-3-39(2)26-11-20(33-13-18(31)14-33)5-8-23(26)28(25-10-17(29(35)36)4-7-22(25)30(37)38)24-9-6-21(12-27(24)39)34-15-19(32)16-34/h3-12,18-19H,1,13-16H2,2H3,(H-,35,36,37,38)/p+1. The lowest BCUT2D eigenvalue weighted by Crippen LogP contribution is -2.53. The summed E-state index contributed by atoms with van der Waals surface area (Å²) in [5.41, 5.74) is 6.27. The fourth-order valence-electron chi connectivity index (χ4n) is 5.90. The Hall–Kier alpha value is -4.11. The summed E-state index contributed by atoms with van der Waals surface area (Å²) < 4.78 is 29.4. The Kier molecular flexibility index (Phi) is 5.80. The number of carbonyl (C=O) groups is 2. The van der Waals surface area contributed by atoms with E-state index in [2.05, 4.69) is 13.1 Å². The molecular formula is C30H27F2N2O4Si+. The highest BCUT2D eigenvalue weighted by molar-refractivity contribution is 7.02. The van der Waals surface area contributed by atoms with Gasteiger partial charge >= 0.3 is 11.9 Å². The van der Waals surface area contributed by atoms with E-state index in [-0.39, 0.29) is 11.1 Å². The molecule has 1 atom stereocenters. The Morgan fingerprint density at radius 3 is 2.38 bits per heavy atom. The SMILES string of the molecule is C=C[Si]1(C)C2=CC(=[N+]3CC(F)C3)C=CC2=C(c2cc(C(=O)O)ccc2C(=O)O)c2ccc(N3CC(F)C3)cc21. The monoisotopic (exact) mass is 545 g/mol. The predicted molar refractivity (Wildman–Crippen MR) is 149 cm³/mol. The molecule has 0 aromatic heterocycles. The molecule has 4 aliphatic rings. The minimum absolute atomic E-state index is 0.00467. The molecule has 39 heavy (non-hydrogen) atoms. The van der Waals surface area contributed by atoms with Crippen LogP contribution in [0, 0.1) is 0 Å². The third-order valence-electron chi connectivity index (χ3n) is 8.24. The van der Waals surface area contributed by atoms with Crippen molar-refractivity contribution < 1.29 is 33.2 Å². The first kappa shape index (κ1) is 25.2. The van der Waals surface area contributed by atoms with E-state index in [4.69, 9.17) is 0 Å². The molecule has 2 fully saturated rings. The van der Waals surface area contributed by atoms with Crippen molar-refractivity contribution in [3.05, 3.63) is 99.9 Å². The molecule has 0 spiro atoms. The molecule has 0 radical (unpaired) electrons. The Morgan fingerprint density at radius 2 is 1.77 bits per heavy atom. The van der Waals surface area contributed by atoms with Gasteiger partial charge in [0.2, 0.25) is 6.17 Å². The summed E-state index contributed by atoms with van der Waals surface area (Å²) in [7, 11) is -2.63. The third-order valence-corrected chi connectivity index (χ3v) is 12.1. The van der Waals surface area contributed by atoms with E-state index >= 15 is 0 Å². The molecule has 2 aromatic rings. The molecule has 1 unspecified atom stereocenters. The fraction of sp³-hybridized carbons (Fsp3) is 0.233. The Balaban J connectivity index is 1.66. The second-order valence-electron chi connectivity index (χ2n) is 10.6. The topological polar surface area (TPSA) is 80.8 Å². The van der Waals surface area contributed by atoms with Crippen molar-refractivity contribution in [2.75, 3.05) is 31.1 Å². The summed E-state index contributed by atoms with van der Waals surface area (Å²) >= 11 is 0. The largest absolute Gasteiger partial charge is 0.478 e. The van der Waals surface area contributed by atoms with Crippen molar-refractivity contribution in [2.24, 2.45) is 0 Å². The normalized spacial score (nSPS) is 23.9. The van der Waals surface area contributed by atoms with E-state index in [0.29, 0.717) is 37.3 Å². The minimum atomic E-state index is -2.63. The highest BCUT2D eigenvalue weighted by atomic mass is 28.3. The van der Waals surface area contributed by atoms with Gasteiger partial charge in [0.05, 0.1) is 24.2 Å². The number of hydrogen-bond acceptors (Lipinski definition) is 3. The molecule has 2 aromatic carbocycles. The molecular weight excluding hydrogens is 518 g/mol. The summed E-state index contributed by atoms with van der Waals surface area (Å²) in [4.78, 5) is 26.2. The molecule has 198 valence electrons. The van der Waals surface area contributed by atoms with Gasteiger partial charge in [0.1, 0.15) is 14.2 Å². The Bertz CT molecular complexity index is 1590. The number of anilines is 1. The summed E-state index contributed by atoms with van der Waals surface area (Å²) in [6.45, 7) is 7.62. The summed E-state index contributed by atoms with van der Waals surface area (Å²) in [6.07, 6.45) is 4.14. The quantitative estimate of drug-likeness (QED) is 0.440. The zero-order chi connectivity index (χ0) is 27.6. The van der Waals surface area contributed by atoms with Crippen LogP contribution in [0.15, 0.2) is 77.7 Å². The van der Waals surface area contributed by atoms with Gasteiger partial charge in [-0.15, -0.1) is 6.58 Å². The average molecular weight is 546 g/mol. The molecule has 6 rings (SSSR count). The lowest BCUT2D eigenvalue weighted by molar-refractivity contribution is -0.599. The van der Waals surface area contributed by atoms with Gasteiger partial charge in [-0.25, -0.2) is 22.9 Å². The maximum absolute atomic E-state index is 13.7. The average Bonchev–Trinajstić information content (AvgIpc) is 2.89. The van der Waals surface area contributed by atoms with E-state index < -0.39 is 32.4 Å². The number of carboxylic acid groups (broad SMARTS) is 2. The van der Waals surface area contributed by atoms with Crippen molar-refractivity contribution in [1.82, 2.24) is 0 Å². The second kappa shape index (κ2) is 8.98. The molecule has 6 nitrogen and oxygen atoms in total. The van der Waals surface area contributed by atoms with Gasteiger partial charge < -0.3 is 15.1 Å². The molecule has 2 N–H and O–H groups in total. The van der Waals surface area contributed by atoms with Crippen LogP contribution in [0.5, 0.6) is 0 Å². The van der Waals surface area contributed by atoms with Crippen LogP contribution < -0.4 is 10.1 Å². The Morgan fingerprint density at radius 1 is 1.03 bits per heavy atom. The first-order valence-electron chi connectivity index (χ1n) is 12.8. The van der Waals surface area contributed by atoms with Gasteiger partial charge in [-0.05, 0) is 69.1 Å². The summed E-state index contributed by atoms with van der Waals surface area (Å²) in [5.74, 6) is -2.32. The van der Waals surface area contributed by atoms with E-state index in [1.54, 1.807) is 0 Å². The number of fused-ring (bicyclic) bond motifs is 2. The van der Waals surface area contributed by atoms with E-state index in [1.807, 2.05) is 51.6 Å². The summed E-state index contributed by atoms with van der Waals surface area (Å²) in [6, 6.07) is 9.93. The molecule has 2 saturated heterocycles. The predicted octanol–water partition coefficient (Wildman–Crippen LogP) is 3.91. The Labute approximate surface area is 225 Å². The number of carboxylic acids is 2. The highest BCUT2D eigenvalue weighted by Gasteiger charge is 2.44. The van der Waals surface area contributed by atoms with Crippen LogP contribution in [0.1, 0.15) is 31.8 Å². The molecule has 3 aliphatic heterocycles. The van der Waals surface area contributed by atoms with Crippen molar-refractivity contribution in [3.63, 3.8) is 0 Å². The number of hydrogen-bond donors (Lipinski definition) is 2. The van der Waals surface area contributed by atoms with Crippen LogP contribution in [0.2, 0.25) is 6.55 Å².